The minimum absolute atomic E-state index is 0.345. The Kier molecular flexibility index (Phi) is 6.41. The highest BCUT2D eigenvalue weighted by Gasteiger charge is 2.35. The van der Waals surface area contributed by atoms with Crippen molar-refractivity contribution in [3.8, 4) is 0 Å². The first kappa shape index (κ1) is 22.5. The molecule has 2 rings (SSSR count). The summed E-state index contributed by atoms with van der Waals surface area (Å²) in [7, 11) is 0. The van der Waals surface area contributed by atoms with Gasteiger partial charge in [0.2, 0.25) is 0 Å². The number of carboxylic acids is 1. The number of carboxylic acid groups (broad SMARTS) is 1. The first-order valence-electron chi connectivity index (χ1n) is 7.70. The summed E-state index contributed by atoms with van der Waals surface area (Å²) in [5, 5.41) is 12.7. The highest BCUT2D eigenvalue weighted by molar-refractivity contribution is 6.31. The van der Waals surface area contributed by atoms with E-state index < -0.39 is 64.1 Å². The molecule has 1 N–H and O–H groups in total. The fourth-order valence-electron chi connectivity index (χ4n) is 2.37. The van der Waals surface area contributed by atoms with Gasteiger partial charge in [0, 0.05) is 12.7 Å². The second-order valence-corrected chi connectivity index (χ2v) is 6.12. The molecule has 0 spiro atoms. The Balaban J connectivity index is 2.26. The van der Waals surface area contributed by atoms with Crippen LogP contribution in [0.4, 0.5) is 26.3 Å². The van der Waals surface area contributed by atoms with Gasteiger partial charge in [-0.2, -0.15) is 26.3 Å². The number of aromatic nitrogens is 1. The van der Waals surface area contributed by atoms with Gasteiger partial charge in [0.05, 0.1) is 39.3 Å². The molecule has 0 aliphatic heterocycles. The summed E-state index contributed by atoms with van der Waals surface area (Å²) in [5.41, 5.74) is -3.77. The summed E-state index contributed by atoms with van der Waals surface area (Å²) in [6.45, 7) is -0.814. The number of benzene rings is 1. The fourth-order valence-corrected chi connectivity index (χ4v) is 2.67. The molecular formula is C17H10ClF6N2O3-. The molecule has 1 aromatic carbocycles. The predicted molar refractivity (Wildman–Crippen MR) is 85.8 cm³/mol. The van der Waals surface area contributed by atoms with Crippen LogP contribution in [-0.2, 0) is 17.1 Å². The summed E-state index contributed by atoms with van der Waals surface area (Å²) < 4.78 is 76.9. The summed E-state index contributed by atoms with van der Waals surface area (Å²) in [4.78, 5) is 26.8. The third-order valence-electron chi connectivity index (χ3n) is 3.76. The van der Waals surface area contributed by atoms with Crippen molar-refractivity contribution in [3.63, 3.8) is 0 Å². The van der Waals surface area contributed by atoms with Crippen LogP contribution in [0.5, 0.6) is 0 Å². The van der Waals surface area contributed by atoms with Gasteiger partial charge in [-0.25, -0.2) is 0 Å². The first-order chi connectivity index (χ1) is 13.3. The molecule has 0 radical (unpaired) electrons. The van der Waals surface area contributed by atoms with E-state index in [-0.39, 0.29) is 0 Å². The number of rotatable bonds is 5. The number of carbonyl (C=O) groups is 2. The second-order valence-electron chi connectivity index (χ2n) is 5.71. The van der Waals surface area contributed by atoms with Crippen molar-refractivity contribution in [2.45, 2.75) is 18.3 Å². The van der Waals surface area contributed by atoms with Gasteiger partial charge in [-0.15, -0.1) is 0 Å². The summed E-state index contributed by atoms with van der Waals surface area (Å²) >= 11 is 5.68. The van der Waals surface area contributed by atoms with E-state index in [9.17, 15) is 41.0 Å². The maximum atomic E-state index is 13.0. The number of carbonyl (C=O) groups excluding carboxylic acids is 2. The van der Waals surface area contributed by atoms with E-state index in [0.717, 1.165) is 12.1 Å². The Hall–Kier alpha value is -2.82. The molecular weight excluding hydrogens is 430 g/mol. The maximum Gasteiger partial charge on any atom is 0.417 e. The van der Waals surface area contributed by atoms with Crippen LogP contribution in [0.15, 0.2) is 36.5 Å². The molecule has 0 saturated heterocycles. The van der Waals surface area contributed by atoms with Gasteiger partial charge in [0.1, 0.15) is 0 Å². The van der Waals surface area contributed by atoms with Crippen LogP contribution in [0.25, 0.3) is 0 Å². The van der Waals surface area contributed by atoms with Crippen LogP contribution < -0.4 is 10.4 Å². The topological polar surface area (TPSA) is 82.1 Å². The van der Waals surface area contributed by atoms with E-state index in [1.54, 1.807) is 0 Å². The van der Waals surface area contributed by atoms with Crippen LogP contribution in [0, 0.1) is 0 Å². The molecule has 1 amide bonds. The molecule has 156 valence electrons. The highest BCUT2D eigenvalue weighted by Crippen LogP contribution is 2.33. The Morgan fingerprint density at radius 1 is 1.10 bits per heavy atom. The molecule has 29 heavy (non-hydrogen) atoms. The molecule has 1 aromatic heterocycles. The van der Waals surface area contributed by atoms with Crippen LogP contribution >= 0.6 is 11.6 Å². The molecule has 5 nitrogen and oxygen atoms in total. The lowest BCUT2D eigenvalue weighted by atomic mass is 10.0. The Bertz CT molecular complexity index is 930. The zero-order chi connectivity index (χ0) is 22.0. The molecule has 0 fully saturated rings. The van der Waals surface area contributed by atoms with Crippen molar-refractivity contribution in [3.05, 3.63) is 63.9 Å². The molecule has 0 bridgehead atoms. The number of pyridine rings is 1. The molecule has 2 aromatic rings. The average molecular weight is 440 g/mol. The number of amides is 1. The zero-order valence-electron chi connectivity index (χ0n) is 14.1. The largest absolute Gasteiger partial charge is 0.549 e. The summed E-state index contributed by atoms with van der Waals surface area (Å²) in [5.74, 6) is -4.89. The molecule has 1 heterocycles. The van der Waals surface area contributed by atoms with E-state index >= 15 is 0 Å². The van der Waals surface area contributed by atoms with E-state index in [4.69, 9.17) is 11.6 Å². The monoisotopic (exact) mass is 439 g/mol. The lowest BCUT2D eigenvalue weighted by Crippen LogP contribution is -2.39. The lowest BCUT2D eigenvalue weighted by molar-refractivity contribution is -0.307. The van der Waals surface area contributed by atoms with Gasteiger partial charge in [0.15, 0.2) is 0 Å². The van der Waals surface area contributed by atoms with Gasteiger partial charge < -0.3 is 15.2 Å². The molecule has 12 heteroatoms. The van der Waals surface area contributed by atoms with Gasteiger partial charge in [-0.3, -0.25) is 9.78 Å². The highest BCUT2D eigenvalue weighted by atomic mass is 35.5. The van der Waals surface area contributed by atoms with Crippen molar-refractivity contribution in [2.75, 3.05) is 6.54 Å². The van der Waals surface area contributed by atoms with E-state index in [1.165, 1.54) is 6.07 Å². The number of nitrogens with zero attached hydrogens (tertiary/aromatic N) is 1. The minimum atomic E-state index is -4.83. The third kappa shape index (κ3) is 5.37. The van der Waals surface area contributed by atoms with Crippen LogP contribution in [0.1, 0.15) is 33.1 Å². The number of aliphatic carboxylic acids is 1. The normalized spacial score (nSPS) is 13.1. The molecule has 1 unspecified atom stereocenters. The lowest BCUT2D eigenvalue weighted by Gasteiger charge is -2.20. The maximum absolute atomic E-state index is 13.0. The van der Waals surface area contributed by atoms with E-state index in [2.05, 4.69) is 4.98 Å². The van der Waals surface area contributed by atoms with E-state index in [1.807, 2.05) is 5.32 Å². The van der Waals surface area contributed by atoms with Crippen molar-refractivity contribution in [1.82, 2.24) is 10.3 Å². The fraction of sp³-hybridized carbons (Fsp3) is 0.235. The van der Waals surface area contributed by atoms with Crippen molar-refractivity contribution < 1.29 is 41.0 Å². The number of hydrogen-bond donors (Lipinski definition) is 1. The molecule has 0 aliphatic rings. The van der Waals surface area contributed by atoms with Crippen molar-refractivity contribution in [1.29, 1.82) is 0 Å². The number of nitrogens with one attached hydrogen (secondary N) is 1. The average Bonchev–Trinajstić information content (AvgIpc) is 2.61. The minimum Gasteiger partial charge on any atom is -0.549 e. The quantitative estimate of drug-likeness (QED) is 0.726. The van der Waals surface area contributed by atoms with E-state index in [0.29, 0.717) is 18.3 Å². The summed E-state index contributed by atoms with van der Waals surface area (Å²) in [6, 6.07) is 4.24. The number of alkyl halides is 6. The Labute approximate surface area is 164 Å². The first-order valence-corrected chi connectivity index (χ1v) is 8.08. The van der Waals surface area contributed by atoms with Crippen molar-refractivity contribution >= 4 is 23.5 Å². The van der Waals surface area contributed by atoms with Crippen LogP contribution in [-0.4, -0.2) is 23.4 Å². The molecule has 0 saturated carbocycles. The standard InChI is InChI=1S/C17H11ClF6N2O3/c18-12-5-8(16(19,20)21)6-25-13(12)10(15(28)29)7-26-14(27)9-3-1-2-4-11(9)17(22,23)24/h1-6,10H,7H2,(H,26,27)(H,28,29)/p-1. The number of hydrogen-bond acceptors (Lipinski definition) is 4. The van der Waals surface area contributed by atoms with Gasteiger partial charge in [-0.1, -0.05) is 23.7 Å². The SMILES string of the molecule is O=C(NCC(C(=O)[O-])c1ncc(C(F)(F)F)cc1Cl)c1ccccc1C(F)(F)F. The van der Waals surface area contributed by atoms with Gasteiger partial charge in [-0.05, 0) is 18.2 Å². The Morgan fingerprint density at radius 2 is 1.72 bits per heavy atom. The second kappa shape index (κ2) is 8.27. The third-order valence-corrected chi connectivity index (χ3v) is 4.06. The van der Waals surface area contributed by atoms with Crippen molar-refractivity contribution in [2.24, 2.45) is 0 Å². The van der Waals surface area contributed by atoms with Gasteiger partial charge in [0.25, 0.3) is 5.91 Å². The number of halogens is 7. The molecule has 1 atom stereocenters. The Morgan fingerprint density at radius 3 is 2.24 bits per heavy atom. The van der Waals surface area contributed by atoms with Gasteiger partial charge >= 0.3 is 12.4 Å². The van der Waals surface area contributed by atoms with Crippen LogP contribution in [0.3, 0.4) is 0 Å². The zero-order valence-corrected chi connectivity index (χ0v) is 14.8. The summed E-state index contributed by atoms with van der Waals surface area (Å²) in [6.07, 6.45) is -9.26. The smallest absolute Gasteiger partial charge is 0.417 e. The molecule has 0 aliphatic carbocycles. The van der Waals surface area contributed by atoms with Crippen LogP contribution in [0.2, 0.25) is 5.02 Å². The predicted octanol–water partition coefficient (Wildman–Crippen LogP) is 3.04.